The molecular weight excluding hydrogens is 252 g/mol. The predicted molar refractivity (Wildman–Crippen MR) is 80.8 cm³/mol. The van der Waals surface area contributed by atoms with Crippen molar-refractivity contribution in [3.8, 4) is 0 Å². The third-order valence-corrected chi connectivity index (χ3v) is 5.51. The Morgan fingerprint density at radius 1 is 1.40 bits per heavy atom. The molecule has 0 bridgehead atoms. The van der Waals surface area contributed by atoms with Gasteiger partial charge in [-0.15, -0.1) is 0 Å². The molecule has 2 rings (SSSR count). The minimum atomic E-state index is -0.664. The van der Waals surface area contributed by atoms with Gasteiger partial charge in [-0.05, 0) is 64.1 Å². The summed E-state index contributed by atoms with van der Waals surface area (Å²) >= 11 is 0. The average Bonchev–Trinajstić information content (AvgIpc) is 3.03. The molecule has 1 aliphatic heterocycles. The zero-order valence-corrected chi connectivity index (χ0v) is 13.0. The number of nitrogens with one attached hydrogen (secondary N) is 1. The molecule has 1 aliphatic carbocycles. The summed E-state index contributed by atoms with van der Waals surface area (Å²) in [4.78, 5) is 14.2. The standard InChI is InChI=1S/C16H30N2O2/c1-3-5-13-7-10-18(12-13)11-8-14-6-4-9-16(14,17-2)15(19)20/h13-14,17H,3-12H2,1-2H3,(H,19,20). The molecule has 1 heterocycles. The third kappa shape index (κ3) is 3.17. The maximum atomic E-state index is 11.6. The molecular formula is C16H30N2O2. The van der Waals surface area contributed by atoms with Crippen LogP contribution in [0, 0.1) is 11.8 Å². The number of rotatable bonds is 7. The fourth-order valence-electron chi connectivity index (χ4n) is 4.28. The number of nitrogens with zero attached hydrogens (tertiary/aromatic N) is 1. The Balaban J connectivity index is 1.83. The number of carbonyl (C=O) groups is 1. The van der Waals surface area contributed by atoms with Crippen LogP contribution < -0.4 is 5.32 Å². The number of carboxylic acids is 1. The Hall–Kier alpha value is -0.610. The summed E-state index contributed by atoms with van der Waals surface area (Å²) in [5, 5.41) is 12.7. The number of aliphatic carboxylic acids is 1. The molecule has 4 nitrogen and oxygen atoms in total. The van der Waals surface area contributed by atoms with E-state index in [4.69, 9.17) is 0 Å². The third-order valence-electron chi connectivity index (χ3n) is 5.51. The smallest absolute Gasteiger partial charge is 0.324 e. The van der Waals surface area contributed by atoms with Gasteiger partial charge < -0.3 is 15.3 Å². The molecule has 0 aromatic heterocycles. The van der Waals surface area contributed by atoms with Gasteiger partial charge in [0.2, 0.25) is 0 Å². The van der Waals surface area contributed by atoms with E-state index in [2.05, 4.69) is 17.1 Å². The zero-order valence-electron chi connectivity index (χ0n) is 13.0. The van der Waals surface area contributed by atoms with Crippen LogP contribution >= 0.6 is 0 Å². The van der Waals surface area contributed by atoms with Crippen LogP contribution in [0.4, 0.5) is 0 Å². The van der Waals surface area contributed by atoms with E-state index >= 15 is 0 Å². The molecule has 3 atom stereocenters. The van der Waals surface area contributed by atoms with Crippen LogP contribution in [0.15, 0.2) is 0 Å². The van der Waals surface area contributed by atoms with Gasteiger partial charge in [-0.25, -0.2) is 0 Å². The highest BCUT2D eigenvalue weighted by Crippen LogP contribution is 2.38. The second kappa shape index (κ2) is 6.90. The maximum Gasteiger partial charge on any atom is 0.324 e. The van der Waals surface area contributed by atoms with Gasteiger partial charge in [0, 0.05) is 6.54 Å². The zero-order chi connectivity index (χ0) is 14.6. The summed E-state index contributed by atoms with van der Waals surface area (Å²) < 4.78 is 0. The van der Waals surface area contributed by atoms with Gasteiger partial charge >= 0.3 is 5.97 Å². The van der Waals surface area contributed by atoms with Gasteiger partial charge in [0.05, 0.1) is 0 Å². The van der Waals surface area contributed by atoms with Crippen LogP contribution in [0.1, 0.15) is 51.9 Å². The van der Waals surface area contributed by atoms with Gasteiger partial charge in [0.15, 0.2) is 0 Å². The lowest BCUT2D eigenvalue weighted by Gasteiger charge is -2.32. The fourth-order valence-corrected chi connectivity index (χ4v) is 4.28. The van der Waals surface area contributed by atoms with Gasteiger partial charge in [0.25, 0.3) is 0 Å². The molecule has 2 fully saturated rings. The summed E-state index contributed by atoms with van der Waals surface area (Å²) in [7, 11) is 1.81. The van der Waals surface area contributed by atoms with E-state index in [1.807, 2.05) is 0 Å². The molecule has 0 aromatic carbocycles. The first kappa shape index (κ1) is 15.8. The number of carboxylic acid groups (broad SMARTS) is 1. The van der Waals surface area contributed by atoms with Gasteiger partial charge in [-0.1, -0.05) is 19.8 Å². The van der Waals surface area contributed by atoms with E-state index in [9.17, 15) is 9.90 Å². The monoisotopic (exact) mass is 282 g/mol. The van der Waals surface area contributed by atoms with E-state index in [1.165, 1.54) is 32.4 Å². The highest BCUT2D eigenvalue weighted by atomic mass is 16.4. The molecule has 2 N–H and O–H groups in total. The van der Waals surface area contributed by atoms with Crippen molar-refractivity contribution in [2.45, 2.75) is 57.4 Å². The first-order chi connectivity index (χ1) is 9.62. The SMILES string of the molecule is CCCC1CCN(CCC2CCCC2(NC)C(=O)O)C1. The second-order valence-corrected chi connectivity index (χ2v) is 6.65. The Bertz CT molecular complexity index is 334. The maximum absolute atomic E-state index is 11.6. The van der Waals surface area contributed by atoms with Crippen molar-refractivity contribution in [3.05, 3.63) is 0 Å². The topological polar surface area (TPSA) is 52.6 Å². The first-order valence-corrected chi connectivity index (χ1v) is 8.27. The Kier molecular flexibility index (Phi) is 5.44. The van der Waals surface area contributed by atoms with Crippen LogP contribution in [-0.4, -0.2) is 48.2 Å². The lowest BCUT2D eigenvalue weighted by molar-refractivity contribution is -0.146. The number of likely N-dealkylation sites (tertiary alicyclic amines) is 1. The second-order valence-electron chi connectivity index (χ2n) is 6.65. The number of likely N-dealkylation sites (N-methyl/N-ethyl adjacent to an activating group) is 1. The van der Waals surface area contributed by atoms with Crippen molar-refractivity contribution in [1.29, 1.82) is 0 Å². The lowest BCUT2D eigenvalue weighted by Crippen LogP contribution is -2.53. The molecule has 0 amide bonds. The molecule has 0 aromatic rings. The molecule has 1 saturated carbocycles. The van der Waals surface area contributed by atoms with Crippen LogP contribution in [-0.2, 0) is 4.79 Å². The Morgan fingerprint density at radius 3 is 2.85 bits per heavy atom. The minimum absolute atomic E-state index is 0.287. The van der Waals surface area contributed by atoms with E-state index in [0.717, 1.165) is 38.1 Å². The van der Waals surface area contributed by atoms with Crippen molar-refractivity contribution in [3.63, 3.8) is 0 Å². The van der Waals surface area contributed by atoms with E-state index in [0.29, 0.717) is 0 Å². The molecule has 3 unspecified atom stereocenters. The van der Waals surface area contributed by atoms with E-state index in [-0.39, 0.29) is 5.92 Å². The predicted octanol–water partition coefficient (Wildman–Crippen LogP) is 2.34. The minimum Gasteiger partial charge on any atom is -0.480 e. The van der Waals surface area contributed by atoms with Gasteiger partial charge in [-0.2, -0.15) is 0 Å². The highest BCUT2D eigenvalue weighted by Gasteiger charge is 2.47. The summed E-state index contributed by atoms with van der Waals surface area (Å²) in [5.74, 6) is 0.500. The summed E-state index contributed by atoms with van der Waals surface area (Å²) in [5.41, 5.74) is -0.664. The Morgan fingerprint density at radius 2 is 2.20 bits per heavy atom. The lowest BCUT2D eigenvalue weighted by atomic mass is 9.84. The van der Waals surface area contributed by atoms with Gasteiger partial charge in [-0.3, -0.25) is 4.79 Å². The van der Waals surface area contributed by atoms with Crippen LogP contribution in [0.5, 0.6) is 0 Å². The molecule has 1 saturated heterocycles. The van der Waals surface area contributed by atoms with E-state index < -0.39 is 11.5 Å². The molecule has 2 aliphatic rings. The highest BCUT2D eigenvalue weighted by molar-refractivity contribution is 5.79. The summed E-state index contributed by atoms with van der Waals surface area (Å²) in [6.07, 6.45) is 7.84. The summed E-state index contributed by atoms with van der Waals surface area (Å²) in [6.45, 7) is 5.76. The van der Waals surface area contributed by atoms with Crippen molar-refractivity contribution >= 4 is 5.97 Å². The van der Waals surface area contributed by atoms with Gasteiger partial charge in [0.1, 0.15) is 5.54 Å². The number of hydrogen-bond donors (Lipinski definition) is 2. The Labute approximate surface area is 122 Å². The van der Waals surface area contributed by atoms with Crippen molar-refractivity contribution in [1.82, 2.24) is 10.2 Å². The van der Waals surface area contributed by atoms with Crippen LogP contribution in [0.3, 0.4) is 0 Å². The molecule has 0 spiro atoms. The van der Waals surface area contributed by atoms with Crippen LogP contribution in [0.25, 0.3) is 0 Å². The van der Waals surface area contributed by atoms with Crippen LogP contribution in [0.2, 0.25) is 0 Å². The van der Waals surface area contributed by atoms with Crippen molar-refractivity contribution in [2.24, 2.45) is 11.8 Å². The fraction of sp³-hybridized carbons (Fsp3) is 0.938. The molecule has 4 heteroatoms. The van der Waals surface area contributed by atoms with E-state index in [1.54, 1.807) is 7.05 Å². The van der Waals surface area contributed by atoms with Crippen molar-refractivity contribution in [2.75, 3.05) is 26.7 Å². The number of hydrogen-bond acceptors (Lipinski definition) is 3. The van der Waals surface area contributed by atoms with Crippen molar-refractivity contribution < 1.29 is 9.90 Å². The quantitative estimate of drug-likeness (QED) is 0.752. The average molecular weight is 282 g/mol. The first-order valence-electron chi connectivity index (χ1n) is 8.27. The normalized spacial score (nSPS) is 34.7. The molecule has 20 heavy (non-hydrogen) atoms. The largest absolute Gasteiger partial charge is 0.480 e. The molecule has 0 radical (unpaired) electrons. The molecule has 116 valence electrons. The summed E-state index contributed by atoms with van der Waals surface area (Å²) in [6, 6.07) is 0.